The second-order valence-electron chi connectivity index (χ2n) is 3.44. The summed E-state index contributed by atoms with van der Waals surface area (Å²) >= 11 is 0. The standard InChI is InChI=1S/C10H9F3N2/c1-6-8-5-7(10(11,12)13)3-4-9(8)15(2)14-6/h3-5H,1-2H3. The van der Waals surface area contributed by atoms with Crippen LogP contribution >= 0.6 is 0 Å². The molecule has 0 aliphatic carbocycles. The van der Waals surface area contributed by atoms with E-state index in [4.69, 9.17) is 0 Å². The van der Waals surface area contributed by atoms with Gasteiger partial charge in [0.2, 0.25) is 0 Å². The van der Waals surface area contributed by atoms with Gasteiger partial charge in [-0.2, -0.15) is 18.3 Å². The molecule has 15 heavy (non-hydrogen) atoms. The molecule has 1 aromatic heterocycles. The summed E-state index contributed by atoms with van der Waals surface area (Å²) in [5.74, 6) is 0. The molecule has 0 aliphatic heterocycles. The van der Waals surface area contributed by atoms with Crippen molar-refractivity contribution < 1.29 is 13.2 Å². The summed E-state index contributed by atoms with van der Waals surface area (Å²) in [6.45, 7) is 1.70. The van der Waals surface area contributed by atoms with Crippen LogP contribution in [0.3, 0.4) is 0 Å². The number of aromatic nitrogens is 2. The van der Waals surface area contributed by atoms with Crippen LogP contribution < -0.4 is 0 Å². The summed E-state index contributed by atoms with van der Waals surface area (Å²) in [5, 5.41) is 4.61. The Morgan fingerprint density at radius 2 is 1.93 bits per heavy atom. The fourth-order valence-corrected chi connectivity index (χ4v) is 1.62. The molecule has 0 unspecified atom stereocenters. The molecule has 0 N–H and O–H groups in total. The van der Waals surface area contributed by atoms with Gasteiger partial charge < -0.3 is 0 Å². The van der Waals surface area contributed by atoms with Crippen molar-refractivity contribution >= 4 is 10.9 Å². The molecule has 80 valence electrons. The molecule has 0 radical (unpaired) electrons. The molecule has 2 aromatic rings. The first-order valence-electron chi connectivity index (χ1n) is 4.40. The van der Waals surface area contributed by atoms with E-state index in [1.165, 1.54) is 6.07 Å². The van der Waals surface area contributed by atoms with E-state index in [-0.39, 0.29) is 0 Å². The third-order valence-corrected chi connectivity index (χ3v) is 2.36. The van der Waals surface area contributed by atoms with Crippen molar-refractivity contribution in [3.05, 3.63) is 29.5 Å². The molecule has 2 rings (SSSR count). The normalized spacial score (nSPS) is 12.3. The molecule has 0 saturated carbocycles. The molecule has 1 aromatic carbocycles. The van der Waals surface area contributed by atoms with Crippen molar-refractivity contribution in [3.8, 4) is 0 Å². The molecular formula is C10H9F3N2. The molecule has 1 heterocycles. The number of hydrogen-bond donors (Lipinski definition) is 0. The third kappa shape index (κ3) is 1.58. The molecule has 0 saturated heterocycles. The number of rotatable bonds is 0. The maximum Gasteiger partial charge on any atom is 0.416 e. The van der Waals surface area contributed by atoms with Gasteiger partial charge in [-0.3, -0.25) is 4.68 Å². The van der Waals surface area contributed by atoms with Crippen molar-refractivity contribution in [2.24, 2.45) is 7.05 Å². The minimum absolute atomic E-state index is 0.548. The summed E-state index contributed by atoms with van der Waals surface area (Å²) in [6.07, 6.45) is -4.30. The Kier molecular flexibility index (Phi) is 1.99. The first-order chi connectivity index (χ1) is 6.89. The average Bonchev–Trinajstić information content (AvgIpc) is 2.41. The molecule has 0 aliphatic rings. The predicted molar refractivity (Wildman–Crippen MR) is 50.5 cm³/mol. The Morgan fingerprint density at radius 3 is 2.53 bits per heavy atom. The van der Waals surface area contributed by atoms with E-state index < -0.39 is 11.7 Å². The molecule has 0 fully saturated rings. The maximum absolute atomic E-state index is 12.4. The second kappa shape index (κ2) is 2.98. The topological polar surface area (TPSA) is 17.8 Å². The van der Waals surface area contributed by atoms with Gasteiger partial charge in [0.25, 0.3) is 0 Å². The Morgan fingerprint density at radius 1 is 1.27 bits per heavy atom. The summed E-state index contributed by atoms with van der Waals surface area (Å²) < 4.78 is 38.9. The lowest BCUT2D eigenvalue weighted by Crippen LogP contribution is -2.04. The van der Waals surface area contributed by atoms with Crippen molar-refractivity contribution in [1.29, 1.82) is 0 Å². The van der Waals surface area contributed by atoms with Crippen molar-refractivity contribution in [1.82, 2.24) is 9.78 Å². The fourth-order valence-electron chi connectivity index (χ4n) is 1.62. The average molecular weight is 214 g/mol. The first-order valence-corrected chi connectivity index (χ1v) is 4.40. The lowest BCUT2D eigenvalue weighted by Gasteiger charge is -2.06. The van der Waals surface area contributed by atoms with Crippen LogP contribution in [0.4, 0.5) is 13.2 Å². The van der Waals surface area contributed by atoms with E-state index in [0.717, 1.165) is 12.1 Å². The van der Waals surface area contributed by atoms with Crippen molar-refractivity contribution in [2.75, 3.05) is 0 Å². The van der Waals surface area contributed by atoms with Crippen LogP contribution in [0, 0.1) is 6.92 Å². The summed E-state index contributed by atoms with van der Waals surface area (Å²) in [5.41, 5.74) is 0.685. The van der Waals surface area contributed by atoms with E-state index in [0.29, 0.717) is 16.6 Å². The summed E-state index contributed by atoms with van der Waals surface area (Å²) in [7, 11) is 1.71. The first kappa shape index (κ1) is 10.0. The fraction of sp³-hybridized carbons (Fsp3) is 0.300. The van der Waals surface area contributed by atoms with Crippen molar-refractivity contribution in [3.63, 3.8) is 0 Å². The van der Waals surface area contributed by atoms with Gasteiger partial charge in [-0.25, -0.2) is 0 Å². The van der Waals surface area contributed by atoms with E-state index >= 15 is 0 Å². The molecule has 0 bridgehead atoms. The lowest BCUT2D eigenvalue weighted by atomic mass is 10.1. The zero-order valence-electron chi connectivity index (χ0n) is 8.26. The highest BCUT2D eigenvalue weighted by molar-refractivity contribution is 5.82. The largest absolute Gasteiger partial charge is 0.416 e. The Labute approximate surface area is 84.3 Å². The van der Waals surface area contributed by atoms with Gasteiger partial charge in [-0.15, -0.1) is 0 Å². The summed E-state index contributed by atoms with van der Waals surface area (Å²) in [4.78, 5) is 0. The zero-order chi connectivity index (χ0) is 11.2. The predicted octanol–water partition coefficient (Wildman–Crippen LogP) is 2.90. The summed E-state index contributed by atoms with van der Waals surface area (Å²) in [6, 6.07) is 3.65. The van der Waals surface area contributed by atoms with E-state index in [9.17, 15) is 13.2 Å². The van der Waals surface area contributed by atoms with Gasteiger partial charge in [0.05, 0.1) is 16.8 Å². The number of fused-ring (bicyclic) bond motifs is 1. The second-order valence-corrected chi connectivity index (χ2v) is 3.44. The van der Waals surface area contributed by atoms with Gasteiger partial charge in [-0.05, 0) is 25.1 Å². The van der Waals surface area contributed by atoms with E-state index in [1.807, 2.05) is 0 Å². The van der Waals surface area contributed by atoms with Crippen LogP contribution in [0.25, 0.3) is 10.9 Å². The molecule has 0 amide bonds. The number of hydrogen-bond acceptors (Lipinski definition) is 1. The third-order valence-electron chi connectivity index (χ3n) is 2.36. The number of halogens is 3. The highest BCUT2D eigenvalue weighted by atomic mass is 19.4. The van der Waals surface area contributed by atoms with E-state index in [2.05, 4.69) is 5.10 Å². The van der Waals surface area contributed by atoms with E-state index in [1.54, 1.807) is 18.7 Å². The van der Waals surface area contributed by atoms with Gasteiger partial charge in [0, 0.05) is 12.4 Å². The molecular weight excluding hydrogens is 205 g/mol. The lowest BCUT2D eigenvalue weighted by molar-refractivity contribution is -0.137. The molecule has 0 spiro atoms. The van der Waals surface area contributed by atoms with Crippen molar-refractivity contribution in [2.45, 2.75) is 13.1 Å². The van der Waals surface area contributed by atoms with Gasteiger partial charge >= 0.3 is 6.18 Å². The van der Waals surface area contributed by atoms with Gasteiger partial charge in [-0.1, -0.05) is 0 Å². The minimum Gasteiger partial charge on any atom is -0.268 e. The maximum atomic E-state index is 12.4. The number of nitrogens with zero attached hydrogens (tertiary/aromatic N) is 2. The van der Waals surface area contributed by atoms with Crippen LogP contribution in [0.2, 0.25) is 0 Å². The number of benzene rings is 1. The van der Waals surface area contributed by atoms with Crippen LogP contribution in [0.1, 0.15) is 11.3 Å². The highest BCUT2D eigenvalue weighted by Crippen LogP contribution is 2.31. The van der Waals surface area contributed by atoms with Crippen LogP contribution in [0.5, 0.6) is 0 Å². The number of aryl methyl sites for hydroxylation is 2. The SMILES string of the molecule is Cc1nn(C)c2ccc(C(F)(F)F)cc12. The zero-order valence-corrected chi connectivity index (χ0v) is 8.26. The Balaban J connectivity index is 2.71. The molecule has 0 atom stereocenters. The van der Waals surface area contributed by atoms with Crippen LogP contribution in [0.15, 0.2) is 18.2 Å². The van der Waals surface area contributed by atoms with Crippen LogP contribution in [-0.2, 0) is 13.2 Å². The van der Waals surface area contributed by atoms with Gasteiger partial charge in [0.15, 0.2) is 0 Å². The Hall–Kier alpha value is -1.52. The molecule has 2 nitrogen and oxygen atoms in total. The quantitative estimate of drug-likeness (QED) is 0.659. The monoisotopic (exact) mass is 214 g/mol. The highest BCUT2D eigenvalue weighted by Gasteiger charge is 2.30. The van der Waals surface area contributed by atoms with Gasteiger partial charge in [0.1, 0.15) is 0 Å². The van der Waals surface area contributed by atoms with Crippen LogP contribution in [-0.4, -0.2) is 9.78 Å². The minimum atomic E-state index is -4.30. The Bertz CT molecular complexity index is 511. The number of alkyl halides is 3. The molecule has 5 heteroatoms. The smallest absolute Gasteiger partial charge is 0.268 e.